The summed E-state index contributed by atoms with van der Waals surface area (Å²) in [6, 6.07) is 7.90. The molecule has 1 saturated carbocycles. The fourth-order valence-corrected chi connectivity index (χ4v) is 2.77. The number of fused-ring (bicyclic) bond motifs is 1. The summed E-state index contributed by atoms with van der Waals surface area (Å²) in [5, 5.41) is 3.64. The molecule has 0 saturated heterocycles. The van der Waals surface area contributed by atoms with E-state index in [1.54, 1.807) is 11.1 Å². The first-order valence-corrected chi connectivity index (χ1v) is 6.76. The zero-order chi connectivity index (χ0) is 10.8. The molecule has 1 aromatic rings. The molecule has 0 aliphatic heterocycles. The van der Waals surface area contributed by atoms with Crippen LogP contribution in [0.2, 0.25) is 0 Å². The maximum Gasteiger partial charge on any atom is 0.0208 e. The average molecular weight is 215 g/mol. The summed E-state index contributed by atoms with van der Waals surface area (Å²) in [7, 11) is 0. The van der Waals surface area contributed by atoms with Crippen molar-refractivity contribution in [2.75, 3.05) is 0 Å². The Morgan fingerprint density at radius 3 is 2.56 bits per heavy atom. The molecule has 2 aliphatic carbocycles. The second-order valence-corrected chi connectivity index (χ2v) is 5.32. The molecule has 0 spiro atoms. The lowest BCUT2D eigenvalue weighted by atomic mass is 9.90. The van der Waals surface area contributed by atoms with Crippen LogP contribution in [-0.2, 0) is 19.4 Å². The number of benzene rings is 1. The normalized spacial score (nSPS) is 20.2. The predicted molar refractivity (Wildman–Crippen MR) is 67.6 cm³/mol. The van der Waals surface area contributed by atoms with E-state index in [0.717, 1.165) is 12.6 Å². The van der Waals surface area contributed by atoms with E-state index >= 15 is 0 Å². The molecule has 16 heavy (non-hydrogen) atoms. The number of nitrogens with one attached hydrogen (secondary N) is 1. The van der Waals surface area contributed by atoms with Crippen LogP contribution in [0.4, 0.5) is 0 Å². The van der Waals surface area contributed by atoms with Crippen LogP contribution in [0.5, 0.6) is 0 Å². The molecule has 0 heterocycles. The zero-order valence-corrected chi connectivity index (χ0v) is 9.97. The molecule has 1 N–H and O–H groups in total. The van der Waals surface area contributed by atoms with Gasteiger partial charge < -0.3 is 5.32 Å². The van der Waals surface area contributed by atoms with Gasteiger partial charge in [0, 0.05) is 12.6 Å². The summed E-state index contributed by atoms with van der Waals surface area (Å²) >= 11 is 0. The van der Waals surface area contributed by atoms with Gasteiger partial charge in [0.25, 0.3) is 0 Å². The monoisotopic (exact) mass is 215 g/mol. The fraction of sp³-hybridized carbons (Fsp3) is 0.600. The van der Waals surface area contributed by atoms with E-state index in [0.29, 0.717) is 0 Å². The first-order valence-electron chi connectivity index (χ1n) is 6.76. The molecule has 1 heteroatoms. The Hall–Kier alpha value is -0.820. The van der Waals surface area contributed by atoms with Gasteiger partial charge in [-0.25, -0.2) is 0 Å². The van der Waals surface area contributed by atoms with Crippen LogP contribution in [0.15, 0.2) is 18.2 Å². The minimum atomic E-state index is 0.802. The van der Waals surface area contributed by atoms with Crippen LogP contribution in [0.25, 0.3) is 0 Å². The highest BCUT2D eigenvalue weighted by Crippen LogP contribution is 2.23. The highest BCUT2D eigenvalue weighted by atomic mass is 14.9. The number of rotatable bonds is 3. The van der Waals surface area contributed by atoms with Gasteiger partial charge in [-0.3, -0.25) is 0 Å². The third-order valence-corrected chi connectivity index (χ3v) is 4.11. The quantitative estimate of drug-likeness (QED) is 0.816. The Bertz CT molecular complexity index is 366. The standard InChI is InChI=1S/C15H21N/c1-2-5-14-10-12(8-9-13(14)4-1)11-16-15-6-3-7-15/h8-10,15-16H,1-7,11H2. The van der Waals surface area contributed by atoms with Gasteiger partial charge in [0.15, 0.2) is 0 Å². The van der Waals surface area contributed by atoms with Crippen molar-refractivity contribution in [3.63, 3.8) is 0 Å². The van der Waals surface area contributed by atoms with Gasteiger partial charge in [-0.2, -0.15) is 0 Å². The third-order valence-electron chi connectivity index (χ3n) is 4.11. The number of hydrogen-bond donors (Lipinski definition) is 1. The Labute approximate surface area is 98.3 Å². The van der Waals surface area contributed by atoms with Crippen LogP contribution in [-0.4, -0.2) is 6.04 Å². The van der Waals surface area contributed by atoms with E-state index in [9.17, 15) is 0 Å². The summed E-state index contributed by atoms with van der Waals surface area (Å²) in [6.07, 6.45) is 9.54. The molecule has 2 aliphatic rings. The van der Waals surface area contributed by atoms with E-state index in [2.05, 4.69) is 23.5 Å². The fourth-order valence-electron chi connectivity index (χ4n) is 2.77. The lowest BCUT2D eigenvalue weighted by molar-refractivity contribution is 0.338. The third kappa shape index (κ3) is 2.15. The van der Waals surface area contributed by atoms with Crippen LogP contribution in [0.3, 0.4) is 0 Å². The van der Waals surface area contributed by atoms with Gasteiger partial charge >= 0.3 is 0 Å². The van der Waals surface area contributed by atoms with Gasteiger partial charge in [0.05, 0.1) is 0 Å². The summed E-state index contributed by atoms with van der Waals surface area (Å²) in [5.41, 5.74) is 4.69. The molecular formula is C15H21N. The van der Waals surface area contributed by atoms with Gasteiger partial charge in [0.1, 0.15) is 0 Å². The van der Waals surface area contributed by atoms with Crippen molar-refractivity contribution in [1.82, 2.24) is 5.32 Å². The van der Waals surface area contributed by atoms with Crippen molar-refractivity contribution in [2.45, 2.75) is 57.5 Å². The molecule has 0 atom stereocenters. The predicted octanol–water partition coefficient (Wildman–Crippen LogP) is 3.21. The highest BCUT2D eigenvalue weighted by Gasteiger charge is 2.16. The molecule has 3 rings (SSSR count). The molecule has 0 amide bonds. The Morgan fingerprint density at radius 1 is 1.00 bits per heavy atom. The van der Waals surface area contributed by atoms with Crippen molar-refractivity contribution in [2.24, 2.45) is 0 Å². The Morgan fingerprint density at radius 2 is 1.81 bits per heavy atom. The highest BCUT2D eigenvalue weighted by molar-refractivity contribution is 5.33. The van der Waals surface area contributed by atoms with Crippen LogP contribution in [0, 0.1) is 0 Å². The van der Waals surface area contributed by atoms with Gasteiger partial charge in [0.2, 0.25) is 0 Å². The molecule has 0 bridgehead atoms. The molecule has 0 radical (unpaired) electrons. The van der Waals surface area contributed by atoms with Gasteiger partial charge in [-0.1, -0.05) is 24.6 Å². The molecule has 1 nitrogen and oxygen atoms in total. The summed E-state index contributed by atoms with van der Waals surface area (Å²) in [6.45, 7) is 1.07. The second kappa shape index (κ2) is 4.58. The van der Waals surface area contributed by atoms with E-state index in [-0.39, 0.29) is 0 Å². The lowest BCUT2D eigenvalue weighted by Gasteiger charge is -2.27. The Kier molecular flexibility index (Phi) is 2.96. The minimum absolute atomic E-state index is 0.802. The first kappa shape index (κ1) is 10.3. The van der Waals surface area contributed by atoms with Crippen molar-refractivity contribution in [1.29, 1.82) is 0 Å². The van der Waals surface area contributed by atoms with Crippen molar-refractivity contribution in [3.8, 4) is 0 Å². The molecule has 1 fully saturated rings. The van der Waals surface area contributed by atoms with E-state index in [1.165, 1.54) is 50.5 Å². The van der Waals surface area contributed by atoms with E-state index in [1.807, 2.05) is 0 Å². The van der Waals surface area contributed by atoms with Crippen molar-refractivity contribution in [3.05, 3.63) is 34.9 Å². The number of hydrogen-bond acceptors (Lipinski definition) is 1. The Balaban J connectivity index is 1.65. The maximum atomic E-state index is 3.64. The zero-order valence-electron chi connectivity index (χ0n) is 9.97. The minimum Gasteiger partial charge on any atom is -0.310 e. The molecule has 86 valence electrons. The number of aryl methyl sites for hydroxylation is 2. The van der Waals surface area contributed by atoms with Crippen LogP contribution in [0.1, 0.15) is 48.8 Å². The molecular weight excluding hydrogens is 194 g/mol. The van der Waals surface area contributed by atoms with Crippen LogP contribution >= 0.6 is 0 Å². The SMILES string of the molecule is c1cc2c(cc1CNC1CCC1)CCCC2. The first-order chi connectivity index (χ1) is 7.92. The average Bonchev–Trinajstić information content (AvgIpc) is 2.27. The smallest absolute Gasteiger partial charge is 0.0208 e. The van der Waals surface area contributed by atoms with Crippen molar-refractivity contribution < 1.29 is 0 Å². The maximum absolute atomic E-state index is 3.64. The van der Waals surface area contributed by atoms with Crippen molar-refractivity contribution >= 4 is 0 Å². The second-order valence-electron chi connectivity index (χ2n) is 5.32. The molecule has 0 aromatic heterocycles. The van der Waals surface area contributed by atoms with E-state index < -0.39 is 0 Å². The summed E-state index contributed by atoms with van der Waals surface area (Å²) in [5.74, 6) is 0. The van der Waals surface area contributed by atoms with Gasteiger partial charge in [-0.05, 0) is 55.2 Å². The lowest BCUT2D eigenvalue weighted by Crippen LogP contribution is -2.34. The van der Waals surface area contributed by atoms with Crippen LogP contribution < -0.4 is 5.32 Å². The summed E-state index contributed by atoms with van der Waals surface area (Å²) in [4.78, 5) is 0. The molecule has 0 unspecified atom stereocenters. The topological polar surface area (TPSA) is 12.0 Å². The van der Waals surface area contributed by atoms with E-state index in [4.69, 9.17) is 0 Å². The molecule has 1 aromatic carbocycles. The summed E-state index contributed by atoms with van der Waals surface area (Å²) < 4.78 is 0. The largest absolute Gasteiger partial charge is 0.310 e. The van der Waals surface area contributed by atoms with Gasteiger partial charge in [-0.15, -0.1) is 0 Å².